The second-order valence-electron chi connectivity index (χ2n) is 6.64. The lowest BCUT2D eigenvalue weighted by molar-refractivity contribution is 0.377. The van der Waals surface area contributed by atoms with Gasteiger partial charge in [-0.2, -0.15) is 5.26 Å². The number of hydrogen-bond acceptors (Lipinski definition) is 1. The SMILES string of the molecule is CC1=C(/C=C/C(C)=C/C=C/C(C)=C(\Cl)C#N)C(C)(C)CCC1. The average Bonchev–Trinajstić information content (AvgIpc) is 2.45. The van der Waals surface area contributed by atoms with E-state index in [9.17, 15) is 0 Å². The molecule has 0 fully saturated rings. The van der Waals surface area contributed by atoms with E-state index in [0.717, 1.165) is 5.57 Å². The first-order valence-corrected chi connectivity index (χ1v) is 8.15. The van der Waals surface area contributed by atoms with Gasteiger partial charge in [0.1, 0.15) is 11.1 Å². The Hall–Kier alpha value is -1.52. The van der Waals surface area contributed by atoms with E-state index in [-0.39, 0.29) is 10.4 Å². The zero-order valence-electron chi connectivity index (χ0n) is 14.3. The molecule has 1 aliphatic carbocycles. The third-order valence-electron chi connectivity index (χ3n) is 4.21. The molecule has 1 nitrogen and oxygen atoms in total. The van der Waals surface area contributed by atoms with Gasteiger partial charge in [0, 0.05) is 0 Å². The highest BCUT2D eigenvalue weighted by atomic mass is 35.5. The Morgan fingerprint density at radius 1 is 1.27 bits per heavy atom. The standard InChI is InChI=1S/C20H26ClN/c1-15(8-6-9-17(3)19(21)14-22)11-12-18-16(2)10-7-13-20(18,4)5/h6,8-9,11-12H,7,10,13H2,1-5H3/b9-6+,12-11+,15-8+,19-17-. The number of halogens is 1. The van der Waals surface area contributed by atoms with Crippen molar-refractivity contribution in [3.63, 3.8) is 0 Å². The maximum atomic E-state index is 8.71. The largest absolute Gasteiger partial charge is 0.191 e. The van der Waals surface area contributed by atoms with E-state index in [1.807, 2.05) is 31.2 Å². The molecule has 0 atom stereocenters. The fourth-order valence-corrected chi connectivity index (χ4v) is 2.85. The molecule has 0 saturated heterocycles. The van der Waals surface area contributed by atoms with E-state index < -0.39 is 0 Å². The predicted molar refractivity (Wildman–Crippen MR) is 96.5 cm³/mol. The first-order chi connectivity index (χ1) is 10.3. The minimum Gasteiger partial charge on any atom is -0.191 e. The summed E-state index contributed by atoms with van der Waals surface area (Å²) in [5.74, 6) is 0. The average molecular weight is 316 g/mol. The second kappa shape index (κ2) is 8.20. The summed E-state index contributed by atoms with van der Waals surface area (Å²) in [6.07, 6.45) is 14.0. The van der Waals surface area contributed by atoms with Crippen molar-refractivity contribution < 1.29 is 0 Å². The van der Waals surface area contributed by atoms with Crippen LogP contribution in [-0.4, -0.2) is 0 Å². The van der Waals surface area contributed by atoms with Crippen LogP contribution in [0.2, 0.25) is 0 Å². The van der Waals surface area contributed by atoms with Crippen LogP contribution in [0, 0.1) is 16.7 Å². The van der Waals surface area contributed by atoms with Crippen molar-refractivity contribution in [2.75, 3.05) is 0 Å². The molecular weight excluding hydrogens is 290 g/mol. The molecule has 0 aromatic rings. The van der Waals surface area contributed by atoms with Gasteiger partial charge in [0.2, 0.25) is 0 Å². The molecule has 1 rings (SSSR count). The van der Waals surface area contributed by atoms with Gasteiger partial charge in [-0.05, 0) is 56.6 Å². The van der Waals surface area contributed by atoms with Crippen molar-refractivity contribution in [1.29, 1.82) is 5.26 Å². The molecule has 0 aromatic heterocycles. The lowest BCUT2D eigenvalue weighted by Crippen LogP contribution is -2.19. The minimum atomic E-state index is 0.239. The van der Waals surface area contributed by atoms with Gasteiger partial charge < -0.3 is 0 Å². The molecule has 118 valence electrons. The molecule has 0 unspecified atom stereocenters. The van der Waals surface area contributed by atoms with E-state index in [0.29, 0.717) is 0 Å². The van der Waals surface area contributed by atoms with Crippen molar-refractivity contribution >= 4 is 11.6 Å². The molecule has 1 aliphatic rings. The zero-order valence-corrected chi connectivity index (χ0v) is 15.1. The maximum absolute atomic E-state index is 8.71. The number of rotatable bonds is 4. The number of nitrogens with zero attached hydrogens (tertiary/aromatic N) is 1. The van der Waals surface area contributed by atoms with Crippen molar-refractivity contribution in [3.05, 3.63) is 57.7 Å². The van der Waals surface area contributed by atoms with E-state index in [4.69, 9.17) is 16.9 Å². The summed E-state index contributed by atoms with van der Waals surface area (Å²) in [6, 6.07) is 1.94. The quantitative estimate of drug-likeness (QED) is 0.423. The van der Waals surface area contributed by atoms with Gasteiger partial charge in [-0.3, -0.25) is 0 Å². The Labute approximate surface area is 140 Å². The van der Waals surface area contributed by atoms with Crippen LogP contribution in [-0.2, 0) is 0 Å². The summed E-state index contributed by atoms with van der Waals surface area (Å²) in [5.41, 5.74) is 5.21. The highest BCUT2D eigenvalue weighted by Crippen LogP contribution is 2.40. The number of allylic oxidation sites excluding steroid dienone is 10. The van der Waals surface area contributed by atoms with Crippen LogP contribution < -0.4 is 0 Å². The molecule has 0 aromatic carbocycles. The Morgan fingerprint density at radius 3 is 2.55 bits per heavy atom. The van der Waals surface area contributed by atoms with Gasteiger partial charge in [0.15, 0.2) is 0 Å². The lowest BCUT2D eigenvalue weighted by atomic mass is 9.72. The third-order valence-corrected chi connectivity index (χ3v) is 4.59. The molecule has 0 N–H and O–H groups in total. The minimum absolute atomic E-state index is 0.239. The monoisotopic (exact) mass is 315 g/mol. The van der Waals surface area contributed by atoms with Gasteiger partial charge in [-0.1, -0.05) is 67.0 Å². The topological polar surface area (TPSA) is 23.8 Å². The van der Waals surface area contributed by atoms with Crippen molar-refractivity contribution in [3.8, 4) is 6.07 Å². The van der Waals surface area contributed by atoms with Crippen LogP contribution in [0.1, 0.15) is 53.9 Å². The van der Waals surface area contributed by atoms with E-state index in [1.165, 1.54) is 36.0 Å². The highest BCUT2D eigenvalue weighted by molar-refractivity contribution is 6.32. The molecule has 2 heteroatoms. The van der Waals surface area contributed by atoms with Gasteiger partial charge in [0.05, 0.1) is 0 Å². The molecule has 0 aliphatic heterocycles. The van der Waals surface area contributed by atoms with Crippen LogP contribution in [0.4, 0.5) is 0 Å². The lowest BCUT2D eigenvalue weighted by Gasteiger charge is -2.32. The number of hydrogen-bond donors (Lipinski definition) is 0. The van der Waals surface area contributed by atoms with E-state index >= 15 is 0 Å². The van der Waals surface area contributed by atoms with Crippen molar-refractivity contribution in [2.24, 2.45) is 5.41 Å². The Morgan fingerprint density at radius 2 is 1.95 bits per heavy atom. The van der Waals surface area contributed by atoms with Gasteiger partial charge in [-0.25, -0.2) is 0 Å². The fraction of sp³-hybridized carbons (Fsp3) is 0.450. The van der Waals surface area contributed by atoms with Crippen LogP contribution in [0.25, 0.3) is 0 Å². The maximum Gasteiger partial charge on any atom is 0.121 e. The Bertz CT molecular complexity index is 604. The molecule has 0 saturated carbocycles. The van der Waals surface area contributed by atoms with Crippen molar-refractivity contribution in [1.82, 2.24) is 0 Å². The van der Waals surface area contributed by atoms with E-state index in [1.54, 1.807) is 0 Å². The molecule has 0 amide bonds. The normalized spacial score (nSPS) is 20.5. The number of nitriles is 1. The third kappa shape index (κ3) is 5.35. The smallest absolute Gasteiger partial charge is 0.121 e. The molecule has 22 heavy (non-hydrogen) atoms. The summed E-state index contributed by atoms with van der Waals surface area (Å²) >= 11 is 5.77. The highest BCUT2D eigenvalue weighted by Gasteiger charge is 2.26. The zero-order chi connectivity index (χ0) is 16.8. The van der Waals surface area contributed by atoms with Gasteiger partial charge >= 0.3 is 0 Å². The summed E-state index contributed by atoms with van der Waals surface area (Å²) in [5, 5.41) is 8.95. The van der Waals surface area contributed by atoms with Crippen LogP contribution >= 0.6 is 11.6 Å². The molecule has 0 bridgehead atoms. The van der Waals surface area contributed by atoms with Crippen LogP contribution in [0.3, 0.4) is 0 Å². The van der Waals surface area contributed by atoms with Crippen LogP contribution in [0.15, 0.2) is 57.7 Å². The summed E-state index contributed by atoms with van der Waals surface area (Å²) in [6.45, 7) is 10.8. The Balaban J connectivity index is 2.84. The van der Waals surface area contributed by atoms with Crippen molar-refractivity contribution in [2.45, 2.75) is 53.9 Å². The molecule has 0 heterocycles. The molecule has 0 radical (unpaired) electrons. The first kappa shape index (κ1) is 18.5. The first-order valence-electron chi connectivity index (χ1n) is 7.77. The van der Waals surface area contributed by atoms with E-state index in [2.05, 4.69) is 39.8 Å². The predicted octanol–water partition coefficient (Wildman–Crippen LogP) is 6.61. The van der Waals surface area contributed by atoms with Gasteiger partial charge in [0.25, 0.3) is 0 Å². The molecule has 0 spiro atoms. The molecular formula is C20H26ClN. The van der Waals surface area contributed by atoms with Crippen LogP contribution in [0.5, 0.6) is 0 Å². The fourth-order valence-electron chi connectivity index (χ4n) is 2.79. The summed E-state index contributed by atoms with van der Waals surface area (Å²) in [4.78, 5) is 0. The van der Waals surface area contributed by atoms with Gasteiger partial charge in [-0.15, -0.1) is 0 Å². The summed E-state index contributed by atoms with van der Waals surface area (Å²) < 4.78 is 0. The second-order valence-corrected chi connectivity index (χ2v) is 7.02. The summed E-state index contributed by atoms with van der Waals surface area (Å²) in [7, 11) is 0. The Kier molecular flexibility index (Phi) is 6.91.